The highest BCUT2D eigenvalue weighted by Crippen LogP contribution is 2.24. The third-order valence-corrected chi connectivity index (χ3v) is 4.10. The van der Waals surface area contributed by atoms with Crippen LogP contribution in [0.5, 0.6) is 0 Å². The van der Waals surface area contributed by atoms with Crippen molar-refractivity contribution >= 4 is 17.3 Å². The van der Waals surface area contributed by atoms with E-state index in [1.807, 2.05) is 0 Å². The molecule has 0 spiro atoms. The minimum atomic E-state index is -0.466. The van der Waals surface area contributed by atoms with Crippen LogP contribution in [0.25, 0.3) is 0 Å². The molecule has 7 nitrogen and oxygen atoms in total. The molecular weight excluding hydrogens is 284 g/mol. The molecule has 4 N–H and O–H groups in total. The molecule has 0 heterocycles. The molecule has 1 aromatic rings. The minimum Gasteiger partial charge on any atom is -0.371 e. The van der Waals surface area contributed by atoms with Crippen molar-refractivity contribution in [1.82, 2.24) is 5.32 Å². The number of carbonyl (C=O) groups excluding carboxylic acids is 1. The number of carbonyl (C=O) groups is 1. The van der Waals surface area contributed by atoms with Gasteiger partial charge in [-0.1, -0.05) is 25.0 Å². The number of nitrogens with two attached hydrogens (primary N) is 1. The summed E-state index contributed by atoms with van der Waals surface area (Å²) in [7, 11) is 0. The van der Waals surface area contributed by atoms with E-state index in [0.717, 1.165) is 25.7 Å². The lowest BCUT2D eigenvalue weighted by Gasteiger charge is -2.31. The molecular formula is C15H22N4O3. The Balaban J connectivity index is 1.89. The maximum atomic E-state index is 12.0. The maximum Gasteiger partial charge on any atom is 0.292 e. The molecule has 22 heavy (non-hydrogen) atoms. The summed E-state index contributed by atoms with van der Waals surface area (Å²) >= 11 is 0. The largest absolute Gasteiger partial charge is 0.371 e. The summed E-state index contributed by atoms with van der Waals surface area (Å²) in [5.41, 5.74) is 6.06. The van der Waals surface area contributed by atoms with Crippen molar-refractivity contribution in [3.63, 3.8) is 0 Å². The molecule has 1 fully saturated rings. The smallest absolute Gasteiger partial charge is 0.292 e. The van der Waals surface area contributed by atoms with Crippen LogP contribution in [0.1, 0.15) is 25.7 Å². The standard InChI is InChI=1S/C15H22N4O3/c16-9-11-5-1-2-6-12(11)18-15(20)10-17-13-7-3-4-8-14(13)19(21)22/h3-4,7-8,11-12,17H,1-2,5-6,9-10,16H2,(H,18,20). The zero-order chi connectivity index (χ0) is 15.9. The summed E-state index contributed by atoms with van der Waals surface area (Å²) in [5.74, 6) is 0.160. The van der Waals surface area contributed by atoms with E-state index in [2.05, 4.69) is 10.6 Å². The first-order valence-electron chi connectivity index (χ1n) is 7.58. The quantitative estimate of drug-likeness (QED) is 0.546. The van der Waals surface area contributed by atoms with Gasteiger partial charge >= 0.3 is 0 Å². The Kier molecular flexibility index (Phi) is 5.71. The number of nitro benzene ring substituents is 1. The van der Waals surface area contributed by atoms with Gasteiger partial charge in [-0.05, 0) is 31.4 Å². The molecule has 7 heteroatoms. The van der Waals surface area contributed by atoms with E-state index < -0.39 is 4.92 Å². The van der Waals surface area contributed by atoms with Crippen molar-refractivity contribution in [2.75, 3.05) is 18.4 Å². The van der Waals surface area contributed by atoms with E-state index in [9.17, 15) is 14.9 Å². The lowest BCUT2D eigenvalue weighted by Crippen LogP contribution is -2.46. The fourth-order valence-electron chi connectivity index (χ4n) is 2.90. The van der Waals surface area contributed by atoms with Gasteiger partial charge < -0.3 is 16.4 Å². The van der Waals surface area contributed by atoms with E-state index in [0.29, 0.717) is 18.2 Å². The Labute approximate surface area is 129 Å². The van der Waals surface area contributed by atoms with E-state index in [4.69, 9.17) is 5.73 Å². The molecule has 2 unspecified atom stereocenters. The van der Waals surface area contributed by atoms with Gasteiger partial charge in [0.1, 0.15) is 5.69 Å². The number of nitro groups is 1. The summed E-state index contributed by atoms with van der Waals surface area (Å²) in [6.07, 6.45) is 4.24. The van der Waals surface area contributed by atoms with E-state index in [1.54, 1.807) is 18.2 Å². The number of para-hydroxylation sites is 2. The summed E-state index contributed by atoms with van der Waals surface area (Å²) in [6.45, 7) is 0.585. The van der Waals surface area contributed by atoms with E-state index in [-0.39, 0.29) is 24.2 Å². The second-order valence-corrected chi connectivity index (χ2v) is 5.58. The minimum absolute atomic E-state index is 0.0125. The first kappa shape index (κ1) is 16.2. The number of amides is 1. The number of nitrogens with one attached hydrogen (secondary N) is 2. The number of rotatable bonds is 6. The van der Waals surface area contributed by atoms with Crippen LogP contribution in [0.3, 0.4) is 0 Å². The molecule has 1 aliphatic rings. The van der Waals surface area contributed by atoms with Crippen molar-refractivity contribution in [2.24, 2.45) is 11.7 Å². The lowest BCUT2D eigenvalue weighted by atomic mass is 9.84. The van der Waals surface area contributed by atoms with Crippen LogP contribution >= 0.6 is 0 Å². The third-order valence-electron chi connectivity index (χ3n) is 4.10. The first-order valence-corrected chi connectivity index (χ1v) is 7.58. The van der Waals surface area contributed by atoms with Gasteiger partial charge in [-0.2, -0.15) is 0 Å². The molecule has 2 rings (SSSR count). The van der Waals surface area contributed by atoms with Crippen LogP contribution in [0.2, 0.25) is 0 Å². The predicted molar refractivity (Wildman–Crippen MR) is 84.5 cm³/mol. The maximum absolute atomic E-state index is 12.0. The molecule has 0 aliphatic heterocycles. The average molecular weight is 306 g/mol. The highest BCUT2D eigenvalue weighted by atomic mass is 16.6. The average Bonchev–Trinajstić information content (AvgIpc) is 2.53. The number of nitrogens with zero attached hydrogens (tertiary/aromatic N) is 1. The van der Waals surface area contributed by atoms with Crippen LogP contribution < -0.4 is 16.4 Å². The topological polar surface area (TPSA) is 110 Å². The zero-order valence-electron chi connectivity index (χ0n) is 12.5. The molecule has 120 valence electrons. The van der Waals surface area contributed by atoms with E-state index >= 15 is 0 Å². The Morgan fingerprint density at radius 2 is 2.05 bits per heavy atom. The fourth-order valence-corrected chi connectivity index (χ4v) is 2.90. The van der Waals surface area contributed by atoms with Crippen molar-refractivity contribution in [1.29, 1.82) is 0 Å². The van der Waals surface area contributed by atoms with Crippen LogP contribution in [0.4, 0.5) is 11.4 Å². The van der Waals surface area contributed by atoms with Gasteiger partial charge in [0, 0.05) is 12.1 Å². The SMILES string of the molecule is NCC1CCCCC1NC(=O)CNc1ccccc1[N+](=O)[O-]. The van der Waals surface area contributed by atoms with Gasteiger partial charge in [-0.25, -0.2) is 0 Å². The van der Waals surface area contributed by atoms with Gasteiger partial charge in [-0.3, -0.25) is 14.9 Å². The Morgan fingerprint density at radius 3 is 2.77 bits per heavy atom. The summed E-state index contributed by atoms with van der Waals surface area (Å²) in [5, 5.41) is 16.7. The fraction of sp³-hybridized carbons (Fsp3) is 0.533. The zero-order valence-corrected chi connectivity index (χ0v) is 12.5. The van der Waals surface area contributed by atoms with Crippen LogP contribution in [-0.4, -0.2) is 30.0 Å². The molecule has 1 amide bonds. The second kappa shape index (κ2) is 7.74. The molecule has 0 bridgehead atoms. The molecule has 0 saturated heterocycles. The predicted octanol–water partition coefficient (Wildman–Crippen LogP) is 1.64. The molecule has 2 atom stereocenters. The van der Waals surface area contributed by atoms with Crippen LogP contribution in [-0.2, 0) is 4.79 Å². The van der Waals surface area contributed by atoms with Crippen molar-refractivity contribution in [3.05, 3.63) is 34.4 Å². The van der Waals surface area contributed by atoms with Gasteiger partial charge in [-0.15, -0.1) is 0 Å². The summed E-state index contributed by atoms with van der Waals surface area (Å²) < 4.78 is 0. The highest BCUT2D eigenvalue weighted by Gasteiger charge is 2.25. The van der Waals surface area contributed by atoms with Gasteiger partial charge in [0.15, 0.2) is 0 Å². The molecule has 1 aromatic carbocycles. The van der Waals surface area contributed by atoms with Crippen LogP contribution in [0.15, 0.2) is 24.3 Å². The van der Waals surface area contributed by atoms with Gasteiger partial charge in [0.2, 0.25) is 5.91 Å². The second-order valence-electron chi connectivity index (χ2n) is 5.58. The number of benzene rings is 1. The van der Waals surface area contributed by atoms with Crippen molar-refractivity contribution < 1.29 is 9.72 Å². The lowest BCUT2D eigenvalue weighted by molar-refractivity contribution is -0.383. The van der Waals surface area contributed by atoms with Gasteiger partial charge in [0.05, 0.1) is 11.5 Å². The third kappa shape index (κ3) is 4.17. The van der Waals surface area contributed by atoms with Crippen molar-refractivity contribution in [2.45, 2.75) is 31.7 Å². The Bertz CT molecular complexity index is 535. The van der Waals surface area contributed by atoms with Crippen molar-refractivity contribution in [3.8, 4) is 0 Å². The monoisotopic (exact) mass is 306 g/mol. The Hall–Kier alpha value is -2.15. The summed E-state index contributed by atoms with van der Waals surface area (Å²) in [4.78, 5) is 22.5. The first-order chi connectivity index (χ1) is 10.6. The highest BCUT2D eigenvalue weighted by molar-refractivity contribution is 5.82. The molecule has 0 radical (unpaired) electrons. The number of hydrogen-bond donors (Lipinski definition) is 3. The summed E-state index contributed by atoms with van der Waals surface area (Å²) in [6, 6.07) is 6.40. The van der Waals surface area contributed by atoms with Crippen LogP contribution in [0, 0.1) is 16.0 Å². The molecule has 1 saturated carbocycles. The number of anilines is 1. The normalized spacial score (nSPS) is 21.1. The van der Waals surface area contributed by atoms with Gasteiger partial charge in [0.25, 0.3) is 5.69 Å². The Morgan fingerprint density at radius 1 is 1.32 bits per heavy atom. The number of hydrogen-bond acceptors (Lipinski definition) is 5. The molecule has 1 aliphatic carbocycles. The molecule has 0 aromatic heterocycles. The van der Waals surface area contributed by atoms with E-state index in [1.165, 1.54) is 6.07 Å².